The van der Waals surface area contributed by atoms with E-state index < -0.39 is 6.10 Å². The Hall–Kier alpha value is -2.63. The van der Waals surface area contributed by atoms with Crippen LogP contribution in [0.4, 0.5) is 0 Å². The van der Waals surface area contributed by atoms with Crippen LogP contribution in [0.3, 0.4) is 0 Å². The smallest absolute Gasteiger partial charge is 0.306 e. The largest absolute Gasteiger partial charge is 0.462 e. The van der Waals surface area contributed by atoms with E-state index in [-0.39, 0.29) is 31.1 Å². The lowest BCUT2D eigenvalue weighted by atomic mass is 10.1. The third kappa shape index (κ3) is 46.4. The summed E-state index contributed by atoms with van der Waals surface area (Å²) in [6.45, 7) is 6.50. The lowest BCUT2D eigenvalue weighted by molar-refractivity contribution is -0.167. The molecule has 0 radical (unpaired) electrons. The third-order valence-electron chi connectivity index (χ3n) is 11.0. The first-order chi connectivity index (χ1) is 29.5. The highest BCUT2D eigenvalue weighted by atomic mass is 16.6. The summed E-state index contributed by atoms with van der Waals surface area (Å²) >= 11 is 0. The maximum atomic E-state index is 12.8. The standard InChI is InChI=1S/C54H96O6/c1-4-7-10-13-16-19-22-25-28-31-34-37-40-43-46-52(55)58-49-51(60-54(57)48-45-42-39-36-33-30-27-24-21-18-15-12-9-6-3)50-59-53(56)47-44-41-38-35-32-29-26-23-20-17-14-11-8-5-2/h7,10,16,19,29-30,32-33,51H,4-6,8-9,11-15,17-18,20-28,31,34-50H2,1-3H3/b10-7-,19-16-,32-29-,33-30-. The summed E-state index contributed by atoms with van der Waals surface area (Å²) in [5, 5.41) is 0. The summed E-state index contributed by atoms with van der Waals surface area (Å²) in [7, 11) is 0. The molecule has 0 aromatic carbocycles. The Balaban J connectivity index is 4.42. The van der Waals surface area contributed by atoms with Gasteiger partial charge in [0.15, 0.2) is 6.10 Å². The molecule has 0 amide bonds. The minimum atomic E-state index is -0.788. The maximum absolute atomic E-state index is 12.8. The zero-order chi connectivity index (χ0) is 43.7. The lowest BCUT2D eigenvalue weighted by Gasteiger charge is -2.18. The van der Waals surface area contributed by atoms with Gasteiger partial charge in [-0.05, 0) is 96.3 Å². The highest BCUT2D eigenvalue weighted by molar-refractivity contribution is 5.71. The van der Waals surface area contributed by atoms with Crippen molar-refractivity contribution in [2.75, 3.05) is 13.2 Å². The van der Waals surface area contributed by atoms with Crippen LogP contribution >= 0.6 is 0 Å². The Bertz CT molecular complexity index is 1060. The van der Waals surface area contributed by atoms with E-state index in [1.54, 1.807) is 0 Å². The van der Waals surface area contributed by atoms with Gasteiger partial charge in [0, 0.05) is 19.3 Å². The van der Waals surface area contributed by atoms with E-state index >= 15 is 0 Å². The van der Waals surface area contributed by atoms with Crippen LogP contribution in [0, 0.1) is 0 Å². The Labute approximate surface area is 371 Å². The number of hydrogen-bond donors (Lipinski definition) is 0. The van der Waals surface area contributed by atoms with Gasteiger partial charge in [-0.15, -0.1) is 0 Å². The zero-order valence-corrected chi connectivity index (χ0v) is 39.7. The predicted octanol–water partition coefficient (Wildman–Crippen LogP) is 16.7. The molecule has 1 atom stereocenters. The monoisotopic (exact) mass is 841 g/mol. The molecule has 0 aromatic rings. The number of ether oxygens (including phenoxy) is 3. The molecule has 0 heterocycles. The number of carbonyl (C=O) groups excluding carboxylic acids is 3. The number of esters is 3. The number of allylic oxidation sites excluding steroid dienone is 8. The van der Waals surface area contributed by atoms with E-state index in [1.165, 1.54) is 116 Å². The highest BCUT2D eigenvalue weighted by Crippen LogP contribution is 2.14. The van der Waals surface area contributed by atoms with Crippen LogP contribution in [0.25, 0.3) is 0 Å². The molecule has 0 saturated heterocycles. The first-order valence-electron chi connectivity index (χ1n) is 25.6. The molecule has 0 spiro atoms. The molecule has 0 bridgehead atoms. The van der Waals surface area contributed by atoms with Crippen molar-refractivity contribution in [3.63, 3.8) is 0 Å². The maximum Gasteiger partial charge on any atom is 0.306 e. The second-order valence-electron chi connectivity index (χ2n) is 17.0. The third-order valence-corrected chi connectivity index (χ3v) is 11.0. The van der Waals surface area contributed by atoms with Gasteiger partial charge in [0.1, 0.15) is 13.2 Å². The van der Waals surface area contributed by atoms with Gasteiger partial charge in [0.2, 0.25) is 0 Å². The van der Waals surface area contributed by atoms with Crippen LogP contribution in [-0.4, -0.2) is 37.2 Å². The van der Waals surface area contributed by atoms with Crippen LogP contribution in [0.15, 0.2) is 48.6 Å². The molecule has 60 heavy (non-hydrogen) atoms. The molecular formula is C54H96O6. The molecule has 0 N–H and O–H groups in total. The minimum absolute atomic E-state index is 0.0874. The van der Waals surface area contributed by atoms with Crippen LogP contribution < -0.4 is 0 Å². The van der Waals surface area contributed by atoms with Gasteiger partial charge >= 0.3 is 17.9 Å². The van der Waals surface area contributed by atoms with Crippen molar-refractivity contribution in [1.82, 2.24) is 0 Å². The molecule has 348 valence electrons. The summed E-state index contributed by atoms with van der Waals surface area (Å²) in [4.78, 5) is 37.9. The molecule has 6 heteroatoms. The first-order valence-corrected chi connectivity index (χ1v) is 25.6. The molecule has 0 aliphatic heterocycles. The fourth-order valence-electron chi connectivity index (χ4n) is 7.17. The van der Waals surface area contributed by atoms with Crippen molar-refractivity contribution < 1.29 is 28.6 Å². The summed E-state index contributed by atoms with van der Waals surface area (Å²) in [6.07, 6.45) is 58.1. The molecule has 1 unspecified atom stereocenters. The van der Waals surface area contributed by atoms with Gasteiger partial charge < -0.3 is 14.2 Å². The topological polar surface area (TPSA) is 78.9 Å². The average molecular weight is 841 g/mol. The average Bonchev–Trinajstić information content (AvgIpc) is 3.24. The van der Waals surface area contributed by atoms with E-state index in [1.807, 2.05) is 0 Å². The second kappa shape index (κ2) is 49.0. The van der Waals surface area contributed by atoms with Crippen LogP contribution in [0.5, 0.6) is 0 Å². The molecule has 0 aliphatic rings. The quantitative estimate of drug-likeness (QED) is 0.0263. The van der Waals surface area contributed by atoms with Crippen molar-refractivity contribution >= 4 is 17.9 Å². The van der Waals surface area contributed by atoms with Gasteiger partial charge in [-0.1, -0.05) is 191 Å². The normalized spacial score (nSPS) is 12.4. The fraction of sp³-hybridized carbons (Fsp3) is 0.796. The number of carbonyl (C=O) groups is 3. The molecule has 6 nitrogen and oxygen atoms in total. The van der Waals surface area contributed by atoms with Crippen LogP contribution in [0.1, 0.15) is 258 Å². The number of hydrogen-bond acceptors (Lipinski definition) is 6. The summed E-state index contributed by atoms with van der Waals surface area (Å²) in [6, 6.07) is 0. The van der Waals surface area contributed by atoms with Crippen molar-refractivity contribution in [3.05, 3.63) is 48.6 Å². The van der Waals surface area contributed by atoms with Gasteiger partial charge in [-0.2, -0.15) is 0 Å². The molecule has 0 saturated carbocycles. The molecule has 0 aromatic heterocycles. The van der Waals surface area contributed by atoms with E-state index in [2.05, 4.69) is 69.4 Å². The van der Waals surface area contributed by atoms with E-state index in [0.29, 0.717) is 19.3 Å². The Morgan fingerprint density at radius 3 is 1.03 bits per heavy atom. The summed E-state index contributed by atoms with van der Waals surface area (Å²) in [5.74, 6) is -0.922. The first kappa shape index (κ1) is 57.4. The SMILES string of the molecule is CC/C=C\C/C=C\CCCCCCCCCC(=O)OCC(COC(=O)CCCCC/C=C\CCCCCCCCC)OC(=O)CCCCC/C=C\CCCCCCCCC. The minimum Gasteiger partial charge on any atom is -0.462 e. The summed E-state index contributed by atoms with van der Waals surface area (Å²) < 4.78 is 16.8. The summed E-state index contributed by atoms with van der Waals surface area (Å²) in [5.41, 5.74) is 0. The zero-order valence-electron chi connectivity index (χ0n) is 39.7. The Kier molecular flexibility index (Phi) is 46.9. The van der Waals surface area contributed by atoms with Crippen molar-refractivity contribution in [1.29, 1.82) is 0 Å². The lowest BCUT2D eigenvalue weighted by Crippen LogP contribution is -2.30. The second-order valence-corrected chi connectivity index (χ2v) is 17.0. The van der Waals surface area contributed by atoms with Crippen LogP contribution in [0.2, 0.25) is 0 Å². The van der Waals surface area contributed by atoms with E-state index in [9.17, 15) is 14.4 Å². The predicted molar refractivity (Wildman–Crippen MR) is 256 cm³/mol. The van der Waals surface area contributed by atoms with Gasteiger partial charge in [0.25, 0.3) is 0 Å². The van der Waals surface area contributed by atoms with Crippen molar-refractivity contribution in [3.8, 4) is 0 Å². The highest BCUT2D eigenvalue weighted by Gasteiger charge is 2.19. The van der Waals surface area contributed by atoms with E-state index in [4.69, 9.17) is 14.2 Å². The van der Waals surface area contributed by atoms with Gasteiger partial charge in [0.05, 0.1) is 0 Å². The molecular weight excluding hydrogens is 745 g/mol. The van der Waals surface area contributed by atoms with E-state index in [0.717, 1.165) is 103 Å². The van der Waals surface area contributed by atoms with Gasteiger partial charge in [-0.25, -0.2) is 0 Å². The van der Waals surface area contributed by atoms with Crippen LogP contribution in [-0.2, 0) is 28.6 Å². The van der Waals surface area contributed by atoms with Gasteiger partial charge in [-0.3, -0.25) is 14.4 Å². The Morgan fingerprint density at radius 1 is 0.350 bits per heavy atom. The number of unbranched alkanes of at least 4 members (excludes halogenated alkanes) is 27. The molecule has 0 rings (SSSR count). The Morgan fingerprint density at radius 2 is 0.650 bits per heavy atom. The van der Waals surface area contributed by atoms with Crippen molar-refractivity contribution in [2.45, 2.75) is 264 Å². The van der Waals surface area contributed by atoms with Crippen molar-refractivity contribution in [2.24, 2.45) is 0 Å². The molecule has 0 fully saturated rings. The molecule has 0 aliphatic carbocycles. The number of rotatable bonds is 46. The fourth-order valence-corrected chi connectivity index (χ4v) is 7.17.